The second kappa shape index (κ2) is 6.89. The van der Waals surface area contributed by atoms with E-state index in [-0.39, 0.29) is 6.04 Å². The lowest BCUT2D eigenvalue weighted by atomic mass is 9.93. The number of hydrogen-bond acceptors (Lipinski definition) is 4. The zero-order chi connectivity index (χ0) is 16.4. The van der Waals surface area contributed by atoms with E-state index in [9.17, 15) is 5.11 Å². The molecule has 0 saturated heterocycles. The second-order valence-electron chi connectivity index (χ2n) is 6.24. The molecule has 2 unspecified atom stereocenters. The van der Waals surface area contributed by atoms with Gasteiger partial charge in [0.2, 0.25) is 0 Å². The second-order valence-corrected chi connectivity index (χ2v) is 7.24. The van der Waals surface area contributed by atoms with Crippen molar-refractivity contribution in [3.8, 4) is 0 Å². The largest absolute Gasteiger partial charge is 0.390 e. The van der Waals surface area contributed by atoms with Gasteiger partial charge in [0, 0.05) is 30.4 Å². The first-order valence-corrected chi connectivity index (χ1v) is 9.20. The zero-order valence-corrected chi connectivity index (χ0v) is 14.3. The average Bonchev–Trinajstić information content (AvgIpc) is 3.26. The van der Waals surface area contributed by atoms with Crippen LogP contribution in [0.4, 0.5) is 0 Å². The molecule has 1 aliphatic heterocycles. The quantitative estimate of drug-likeness (QED) is 0.777. The fourth-order valence-electron chi connectivity index (χ4n) is 3.54. The van der Waals surface area contributed by atoms with Gasteiger partial charge in [-0.3, -0.25) is 9.58 Å². The van der Waals surface area contributed by atoms with E-state index >= 15 is 0 Å². The monoisotopic (exact) mass is 339 g/mol. The van der Waals surface area contributed by atoms with E-state index in [0.717, 1.165) is 13.0 Å². The van der Waals surface area contributed by atoms with Gasteiger partial charge in [-0.1, -0.05) is 30.3 Å². The van der Waals surface area contributed by atoms with Crippen LogP contribution in [-0.2, 0) is 13.0 Å². The van der Waals surface area contributed by atoms with Crippen LogP contribution in [0.1, 0.15) is 22.0 Å². The summed E-state index contributed by atoms with van der Waals surface area (Å²) in [6.45, 7) is 2.15. The molecule has 0 spiro atoms. The Morgan fingerprint density at radius 2 is 2.04 bits per heavy atom. The number of aromatic nitrogens is 2. The maximum absolute atomic E-state index is 10.5. The van der Waals surface area contributed by atoms with Crippen molar-refractivity contribution in [3.63, 3.8) is 0 Å². The summed E-state index contributed by atoms with van der Waals surface area (Å²) in [5.41, 5.74) is 2.69. The predicted octanol–water partition coefficient (Wildman–Crippen LogP) is 2.95. The van der Waals surface area contributed by atoms with Crippen molar-refractivity contribution in [2.45, 2.75) is 25.1 Å². The van der Waals surface area contributed by atoms with E-state index in [0.29, 0.717) is 13.1 Å². The first kappa shape index (κ1) is 15.6. The highest BCUT2D eigenvalue weighted by Gasteiger charge is 2.30. The molecule has 1 aromatic carbocycles. The fraction of sp³-hybridized carbons (Fsp3) is 0.316. The number of aliphatic hydroxyl groups is 1. The normalized spacial score (nSPS) is 19.1. The molecule has 0 fully saturated rings. The van der Waals surface area contributed by atoms with Gasteiger partial charge in [-0.2, -0.15) is 5.10 Å². The van der Waals surface area contributed by atoms with E-state index in [1.165, 1.54) is 16.0 Å². The summed E-state index contributed by atoms with van der Waals surface area (Å²) in [5, 5.41) is 16.9. The van der Waals surface area contributed by atoms with Crippen LogP contribution < -0.4 is 0 Å². The van der Waals surface area contributed by atoms with E-state index < -0.39 is 6.10 Å². The van der Waals surface area contributed by atoms with E-state index in [4.69, 9.17) is 0 Å². The Morgan fingerprint density at radius 3 is 2.83 bits per heavy atom. The highest BCUT2D eigenvalue weighted by molar-refractivity contribution is 7.10. The molecule has 1 aliphatic rings. The molecule has 0 aliphatic carbocycles. The van der Waals surface area contributed by atoms with Crippen molar-refractivity contribution in [1.29, 1.82) is 0 Å². The number of hydrogen-bond donors (Lipinski definition) is 1. The van der Waals surface area contributed by atoms with Gasteiger partial charge in [-0.25, -0.2) is 0 Å². The van der Waals surface area contributed by atoms with Crippen molar-refractivity contribution < 1.29 is 5.11 Å². The van der Waals surface area contributed by atoms with Gasteiger partial charge < -0.3 is 5.11 Å². The molecule has 24 heavy (non-hydrogen) atoms. The van der Waals surface area contributed by atoms with Gasteiger partial charge >= 0.3 is 0 Å². The van der Waals surface area contributed by atoms with E-state index in [1.54, 1.807) is 10.9 Å². The van der Waals surface area contributed by atoms with Crippen LogP contribution >= 0.6 is 11.3 Å². The molecule has 0 amide bonds. The van der Waals surface area contributed by atoms with Crippen molar-refractivity contribution in [3.05, 3.63) is 76.2 Å². The lowest BCUT2D eigenvalue weighted by Gasteiger charge is -2.37. The highest BCUT2D eigenvalue weighted by Crippen LogP contribution is 2.37. The molecule has 4 nitrogen and oxygen atoms in total. The molecule has 2 atom stereocenters. The number of rotatable bonds is 5. The van der Waals surface area contributed by atoms with Crippen molar-refractivity contribution >= 4 is 11.3 Å². The minimum atomic E-state index is -0.434. The van der Waals surface area contributed by atoms with Gasteiger partial charge in [-0.05, 0) is 35.1 Å². The summed E-state index contributed by atoms with van der Waals surface area (Å²) in [7, 11) is 0. The van der Waals surface area contributed by atoms with Crippen LogP contribution in [0.15, 0.2) is 60.2 Å². The molecule has 0 bridgehead atoms. The third-order valence-corrected chi connectivity index (χ3v) is 5.58. The van der Waals surface area contributed by atoms with Gasteiger partial charge in [0.25, 0.3) is 0 Å². The Bertz CT molecular complexity index is 769. The molecule has 1 N–H and O–H groups in total. The number of β-amino-alcohol motifs (C(OH)–C–C–N with tert-alkyl or cyclic N) is 1. The van der Waals surface area contributed by atoms with E-state index in [2.05, 4.69) is 51.8 Å². The summed E-state index contributed by atoms with van der Waals surface area (Å²) in [6.07, 6.45) is 4.27. The molecule has 4 rings (SSSR count). The smallest absolute Gasteiger partial charge is 0.0863 e. The third kappa shape index (κ3) is 3.15. The molecule has 3 aromatic rings. The number of fused-ring (bicyclic) bond motifs is 1. The topological polar surface area (TPSA) is 41.3 Å². The van der Waals surface area contributed by atoms with Crippen LogP contribution in [0, 0.1) is 0 Å². The molecule has 3 heterocycles. The molecular weight excluding hydrogens is 318 g/mol. The Labute approximate surface area is 146 Å². The lowest BCUT2D eigenvalue weighted by molar-refractivity contribution is 0.0780. The number of nitrogens with zero attached hydrogens (tertiary/aromatic N) is 3. The van der Waals surface area contributed by atoms with Crippen molar-refractivity contribution in [2.75, 3.05) is 13.1 Å². The molecule has 5 heteroatoms. The maximum Gasteiger partial charge on any atom is 0.0863 e. The summed E-state index contributed by atoms with van der Waals surface area (Å²) >= 11 is 1.85. The predicted molar refractivity (Wildman–Crippen MR) is 96.1 cm³/mol. The molecular formula is C19H21N3OS. The van der Waals surface area contributed by atoms with Crippen LogP contribution in [0.25, 0.3) is 0 Å². The zero-order valence-electron chi connectivity index (χ0n) is 13.5. The average molecular weight is 339 g/mol. The maximum atomic E-state index is 10.5. The van der Waals surface area contributed by atoms with E-state index in [1.807, 2.05) is 23.6 Å². The summed E-state index contributed by atoms with van der Waals surface area (Å²) in [5.74, 6) is 0. The lowest BCUT2D eigenvalue weighted by Crippen LogP contribution is -2.41. The Hall–Kier alpha value is -1.95. The first-order chi connectivity index (χ1) is 11.8. The summed E-state index contributed by atoms with van der Waals surface area (Å²) in [4.78, 5) is 3.88. The summed E-state index contributed by atoms with van der Waals surface area (Å²) < 4.78 is 1.79. The SMILES string of the molecule is OC(CN1CCc2sccc2C1c1ccccc1)Cn1cccn1. The number of benzene rings is 1. The molecule has 124 valence electrons. The van der Waals surface area contributed by atoms with Gasteiger partial charge in [0.1, 0.15) is 0 Å². The molecule has 2 aromatic heterocycles. The third-order valence-electron chi connectivity index (χ3n) is 4.58. The molecule has 0 radical (unpaired) electrons. The number of aliphatic hydroxyl groups excluding tert-OH is 1. The van der Waals surface area contributed by atoms with Crippen LogP contribution in [0.5, 0.6) is 0 Å². The van der Waals surface area contributed by atoms with Gasteiger partial charge in [-0.15, -0.1) is 11.3 Å². The standard InChI is InChI=1S/C19H21N3OS/c23-16(14-22-10-4-9-20-22)13-21-11-7-18-17(8-12-24-18)19(21)15-5-2-1-3-6-15/h1-6,8-10,12,16,19,23H,7,11,13-14H2. The van der Waals surface area contributed by atoms with Gasteiger partial charge in [0.15, 0.2) is 0 Å². The molecule has 0 saturated carbocycles. The number of thiophene rings is 1. The van der Waals surface area contributed by atoms with Gasteiger partial charge in [0.05, 0.1) is 18.7 Å². The van der Waals surface area contributed by atoms with Crippen LogP contribution in [0.2, 0.25) is 0 Å². The minimum absolute atomic E-state index is 0.230. The van der Waals surface area contributed by atoms with Crippen LogP contribution in [0.3, 0.4) is 0 Å². The van der Waals surface area contributed by atoms with Crippen molar-refractivity contribution in [2.24, 2.45) is 0 Å². The Kier molecular flexibility index (Phi) is 4.47. The Morgan fingerprint density at radius 1 is 1.17 bits per heavy atom. The summed E-state index contributed by atoms with van der Waals surface area (Å²) in [6, 6.07) is 15.0. The minimum Gasteiger partial charge on any atom is -0.390 e. The van der Waals surface area contributed by atoms with Crippen molar-refractivity contribution in [1.82, 2.24) is 14.7 Å². The fourth-order valence-corrected chi connectivity index (χ4v) is 4.45. The first-order valence-electron chi connectivity index (χ1n) is 8.32. The van der Waals surface area contributed by atoms with Crippen LogP contribution in [-0.4, -0.2) is 39.0 Å². The Balaban J connectivity index is 1.57. The highest BCUT2D eigenvalue weighted by atomic mass is 32.1.